The maximum absolute atomic E-state index is 12.6. The van der Waals surface area contributed by atoms with Crippen LogP contribution >= 0.6 is 11.6 Å². The van der Waals surface area contributed by atoms with E-state index in [1.54, 1.807) is 30.5 Å². The molecular weight excluding hydrogens is 366 g/mol. The van der Waals surface area contributed by atoms with Gasteiger partial charge in [-0.25, -0.2) is 9.50 Å². The number of benzene rings is 2. The monoisotopic (exact) mass is 379 g/mol. The van der Waals surface area contributed by atoms with Gasteiger partial charge in [-0.1, -0.05) is 29.8 Å². The van der Waals surface area contributed by atoms with Crippen LogP contribution in [0.5, 0.6) is 11.5 Å². The second kappa shape index (κ2) is 7.05. The number of amides is 1. The van der Waals surface area contributed by atoms with Crippen molar-refractivity contribution in [2.45, 2.75) is 6.92 Å². The third-order valence-electron chi connectivity index (χ3n) is 3.79. The minimum atomic E-state index is -0.486. The summed E-state index contributed by atoms with van der Waals surface area (Å²) < 4.78 is 7.36. The van der Waals surface area contributed by atoms with Gasteiger partial charge < -0.3 is 10.1 Å². The zero-order valence-electron chi connectivity index (χ0n) is 14.3. The number of aryl methyl sites for hydroxylation is 1. The van der Waals surface area contributed by atoms with Crippen molar-refractivity contribution in [2.24, 2.45) is 0 Å². The molecule has 134 valence electrons. The van der Waals surface area contributed by atoms with Gasteiger partial charge in [0.2, 0.25) is 5.82 Å². The summed E-state index contributed by atoms with van der Waals surface area (Å²) in [6, 6.07) is 16.0. The number of ether oxygens (including phenoxy) is 1. The van der Waals surface area contributed by atoms with Crippen molar-refractivity contribution >= 4 is 29.0 Å². The third kappa shape index (κ3) is 3.58. The summed E-state index contributed by atoms with van der Waals surface area (Å²) in [6.45, 7) is 1.85. The zero-order chi connectivity index (χ0) is 18.8. The van der Waals surface area contributed by atoms with E-state index in [9.17, 15) is 4.79 Å². The Morgan fingerprint density at radius 2 is 1.96 bits per heavy atom. The fraction of sp³-hybridized carbons (Fsp3) is 0.0526. The highest BCUT2D eigenvalue weighted by Gasteiger charge is 2.17. The molecule has 8 heteroatoms. The number of hydrogen-bond acceptors (Lipinski definition) is 5. The van der Waals surface area contributed by atoms with E-state index < -0.39 is 5.91 Å². The lowest BCUT2D eigenvalue weighted by Crippen LogP contribution is -2.14. The maximum Gasteiger partial charge on any atom is 0.295 e. The first-order valence-electron chi connectivity index (χ1n) is 8.12. The molecule has 27 heavy (non-hydrogen) atoms. The van der Waals surface area contributed by atoms with Crippen LogP contribution in [-0.2, 0) is 0 Å². The van der Waals surface area contributed by atoms with Crippen LogP contribution in [0.4, 0.5) is 5.69 Å². The molecule has 7 nitrogen and oxygen atoms in total. The Balaban J connectivity index is 1.63. The SMILES string of the molecule is Cc1ccnc2nc(C(=O)Nc3cc(Cl)ccc3Oc3ccccc3)nn12. The van der Waals surface area contributed by atoms with Crippen LogP contribution in [0, 0.1) is 6.92 Å². The topological polar surface area (TPSA) is 81.4 Å². The number of nitrogens with one attached hydrogen (secondary N) is 1. The summed E-state index contributed by atoms with van der Waals surface area (Å²) in [5, 5.41) is 7.42. The van der Waals surface area contributed by atoms with Crippen molar-refractivity contribution < 1.29 is 9.53 Å². The second-order valence-corrected chi connectivity index (χ2v) is 6.18. The average molecular weight is 380 g/mol. The van der Waals surface area contributed by atoms with Crippen LogP contribution in [0.2, 0.25) is 5.02 Å². The van der Waals surface area contributed by atoms with Gasteiger partial charge in [-0.2, -0.15) is 4.98 Å². The number of anilines is 1. The molecular formula is C19H14ClN5O2. The number of aromatic nitrogens is 4. The molecule has 0 unspecified atom stereocenters. The molecule has 2 aromatic carbocycles. The summed E-state index contributed by atoms with van der Waals surface area (Å²) in [5.41, 5.74) is 1.24. The first kappa shape index (κ1) is 17.0. The van der Waals surface area contributed by atoms with Crippen LogP contribution in [-0.4, -0.2) is 25.5 Å². The Kier molecular flexibility index (Phi) is 4.43. The van der Waals surface area contributed by atoms with Crippen LogP contribution < -0.4 is 10.1 Å². The van der Waals surface area contributed by atoms with Gasteiger partial charge in [0.05, 0.1) is 5.69 Å². The number of para-hydroxylation sites is 1. The first-order valence-corrected chi connectivity index (χ1v) is 8.50. The quantitative estimate of drug-likeness (QED) is 0.576. The largest absolute Gasteiger partial charge is 0.455 e. The van der Waals surface area contributed by atoms with Crippen LogP contribution in [0.25, 0.3) is 5.78 Å². The smallest absolute Gasteiger partial charge is 0.295 e. The van der Waals surface area contributed by atoms with Gasteiger partial charge in [0.25, 0.3) is 11.7 Å². The zero-order valence-corrected chi connectivity index (χ0v) is 15.0. The van der Waals surface area contributed by atoms with E-state index in [2.05, 4.69) is 20.4 Å². The van der Waals surface area contributed by atoms with E-state index >= 15 is 0 Å². The van der Waals surface area contributed by atoms with Gasteiger partial charge in [-0.15, -0.1) is 5.10 Å². The molecule has 0 saturated carbocycles. The maximum atomic E-state index is 12.6. The summed E-state index contributed by atoms with van der Waals surface area (Å²) in [7, 11) is 0. The number of nitrogens with zero attached hydrogens (tertiary/aromatic N) is 4. The van der Waals surface area contributed by atoms with Gasteiger partial charge in [-0.3, -0.25) is 4.79 Å². The minimum Gasteiger partial charge on any atom is -0.455 e. The molecule has 0 aliphatic carbocycles. The van der Waals surface area contributed by atoms with Crippen molar-refractivity contribution in [1.82, 2.24) is 19.6 Å². The molecule has 2 aromatic heterocycles. The van der Waals surface area contributed by atoms with Gasteiger partial charge in [0.15, 0.2) is 5.75 Å². The molecule has 4 rings (SSSR count). The van der Waals surface area contributed by atoms with E-state index in [1.165, 1.54) is 4.52 Å². The summed E-state index contributed by atoms with van der Waals surface area (Å²) >= 11 is 6.08. The lowest BCUT2D eigenvalue weighted by atomic mass is 10.2. The Bertz CT molecular complexity index is 1130. The number of halogens is 1. The lowest BCUT2D eigenvalue weighted by Gasteiger charge is -2.12. The molecule has 1 amide bonds. The highest BCUT2D eigenvalue weighted by molar-refractivity contribution is 6.31. The van der Waals surface area contributed by atoms with E-state index in [0.29, 0.717) is 28.0 Å². The minimum absolute atomic E-state index is 0.00226. The fourth-order valence-electron chi connectivity index (χ4n) is 2.49. The molecule has 0 radical (unpaired) electrons. The summed E-state index contributed by atoms with van der Waals surface area (Å²) in [5.74, 6) is 0.965. The lowest BCUT2D eigenvalue weighted by molar-refractivity contribution is 0.101. The predicted molar refractivity (Wildman–Crippen MR) is 101 cm³/mol. The first-order chi connectivity index (χ1) is 13.1. The summed E-state index contributed by atoms with van der Waals surface area (Å²) in [4.78, 5) is 20.9. The summed E-state index contributed by atoms with van der Waals surface area (Å²) in [6.07, 6.45) is 1.61. The second-order valence-electron chi connectivity index (χ2n) is 5.74. The van der Waals surface area contributed by atoms with Crippen molar-refractivity contribution in [3.63, 3.8) is 0 Å². The number of fused-ring (bicyclic) bond motifs is 1. The van der Waals surface area contributed by atoms with Gasteiger partial charge >= 0.3 is 0 Å². The Labute approximate surface area is 159 Å². The van der Waals surface area contributed by atoms with Crippen LogP contribution in [0.3, 0.4) is 0 Å². The van der Waals surface area contributed by atoms with Crippen molar-refractivity contribution in [3.8, 4) is 11.5 Å². The van der Waals surface area contributed by atoms with Gasteiger partial charge in [-0.05, 0) is 43.3 Å². The Morgan fingerprint density at radius 1 is 1.15 bits per heavy atom. The molecule has 0 aliphatic heterocycles. The van der Waals surface area contributed by atoms with E-state index in [0.717, 1.165) is 5.69 Å². The number of carbonyl (C=O) groups excluding carboxylic acids is 1. The molecule has 0 saturated heterocycles. The number of rotatable bonds is 4. The molecule has 0 fully saturated rings. The van der Waals surface area contributed by atoms with E-state index in [4.69, 9.17) is 16.3 Å². The standard InChI is InChI=1S/C19H14ClN5O2/c1-12-9-10-21-19-23-17(24-25(12)19)18(26)22-15-11-13(20)7-8-16(15)27-14-5-3-2-4-6-14/h2-11H,1H3,(H,22,26). The number of carbonyl (C=O) groups is 1. The van der Waals surface area contributed by atoms with Crippen molar-refractivity contribution in [2.75, 3.05) is 5.32 Å². The molecule has 2 heterocycles. The van der Waals surface area contributed by atoms with Crippen LogP contribution in [0.15, 0.2) is 60.8 Å². The predicted octanol–water partition coefficient (Wildman–Crippen LogP) is 4.13. The normalized spacial score (nSPS) is 10.7. The van der Waals surface area contributed by atoms with Crippen LogP contribution in [0.1, 0.15) is 16.3 Å². The van der Waals surface area contributed by atoms with Gasteiger partial charge in [0, 0.05) is 16.9 Å². The molecule has 4 aromatic rings. The molecule has 0 atom stereocenters. The highest BCUT2D eigenvalue weighted by Crippen LogP contribution is 2.32. The average Bonchev–Trinajstić information content (AvgIpc) is 3.11. The molecule has 0 aliphatic rings. The van der Waals surface area contributed by atoms with Crippen molar-refractivity contribution in [3.05, 3.63) is 77.3 Å². The highest BCUT2D eigenvalue weighted by atomic mass is 35.5. The molecule has 1 N–H and O–H groups in total. The Hall–Kier alpha value is -3.45. The Morgan fingerprint density at radius 3 is 2.74 bits per heavy atom. The molecule has 0 spiro atoms. The van der Waals surface area contributed by atoms with E-state index in [-0.39, 0.29) is 5.82 Å². The van der Waals surface area contributed by atoms with Gasteiger partial charge in [0.1, 0.15) is 5.75 Å². The third-order valence-corrected chi connectivity index (χ3v) is 4.03. The van der Waals surface area contributed by atoms with E-state index in [1.807, 2.05) is 37.3 Å². The van der Waals surface area contributed by atoms with Crippen molar-refractivity contribution in [1.29, 1.82) is 0 Å². The fourth-order valence-corrected chi connectivity index (χ4v) is 2.66. The number of hydrogen-bond donors (Lipinski definition) is 1. The molecule has 0 bridgehead atoms.